The van der Waals surface area contributed by atoms with Gasteiger partial charge in [-0.1, -0.05) is 32.0 Å². The van der Waals surface area contributed by atoms with Crippen molar-refractivity contribution in [2.75, 3.05) is 6.61 Å². The van der Waals surface area contributed by atoms with Gasteiger partial charge >= 0.3 is 0 Å². The highest BCUT2D eigenvalue weighted by Gasteiger charge is 2.62. The zero-order valence-corrected chi connectivity index (χ0v) is 10.7. The first-order valence-electron chi connectivity index (χ1n) is 6.20. The maximum atomic E-state index is 9.83. The Bertz CT molecular complexity index is 582. The fraction of sp³-hybridized carbons (Fsp3) is 0.467. The van der Waals surface area contributed by atoms with E-state index in [9.17, 15) is 5.11 Å². The Kier molecular flexibility index (Phi) is 2.00. The molecule has 1 fully saturated rings. The maximum absolute atomic E-state index is 9.83. The highest BCUT2D eigenvalue weighted by molar-refractivity contribution is 5.86. The van der Waals surface area contributed by atoms with Crippen LogP contribution in [-0.4, -0.2) is 16.7 Å². The minimum atomic E-state index is -0.0450. The van der Waals surface area contributed by atoms with Gasteiger partial charge in [0.05, 0.1) is 6.61 Å². The quantitative estimate of drug-likeness (QED) is 0.815. The van der Waals surface area contributed by atoms with Gasteiger partial charge in [0.2, 0.25) is 0 Å². The van der Waals surface area contributed by atoms with Crippen molar-refractivity contribution in [3.8, 4) is 0 Å². The van der Waals surface area contributed by atoms with Crippen molar-refractivity contribution in [3.05, 3.63) is 35.5 Å². The Morgan fingerprint density at radius 3 is 2.53 bits per heavy atom. The van der Waals surface area contributed by atoms with Crippen molar-refractivity contribution >= 4 is 10.9 Å². The molecule has 1 aliphatic rings. The number of H-pyrrole nitrogens is 1. The lowest BCUT2D eigenvalue weighted by Crippen LogP contribution is -2.20. The molecule has 0 radical (unpaired) electrons. The molecule has 1 aromatic carbocycles. The minimum absolute atomic E-state index is 0.0450. The molecule has 0 bridgehead atoms. The molecule has 90 valence electrons. The zero-order chi connectivity index (χ0) is 12.3. The molecule has 0 saturated heterocycles. The fourth-order valence-electron chi connectivity index (χ4n) is 3.38. The van der Waals surface area contributed by atoms with E-state index in [0.29, 0.717) is 0 Å². The van der Waals surface area contributed by atoms with Crippen LogP contribution in [0.1, 0.15) is 31.5 Å². The fourth-order valence-corrected chi connectivity index (χ4v) is 3.38. The monoisotopic (exact) mass is 229 g/mol. The first-order valence-corrected chi connectivity index (χ1v) is 6.20. The Labute approximate surface area is 102 Å². The van der Waals surface area contributed by atoms with Gasteiger partial charge in [-0.15, -0.1) is 0 Å². The highest BCUT2D eigenvalue weighted by atomic mass is 16.3. The number of fused-ring (bicyclic) bond motifs is 1. The van der Waals surface area contributed by atoms with Gasteiger partial charge in [-0.05, 0) is 30.4 Å². The SMILES string of the molecule is Cc1[nH]c2ccccc2c1C1(CO)CC1(C)C. The van der Waals surface area contributed by atoms with Crippen molar-refractivity contribution in [2.45, 2.75) is 32.6 Å². The summed E-state index contributed by atoms with van der Waals surface area (Å²) in [6.45, 7) is 6.83. The second-order valence-electron chi connectivity index (χ2n) is 5.97. The number of aromatic amines is 1. The molecule has 1 aliphatic carbocycles. The second kappa shape index (κ2) is 3.14. The molecule has 2 nitrogen and oxygen atoms in total. The average molecular weight is 229 g/mol. The first-order chi connectivity index (χ1) is 8.02. The maximum Gasteiger partial charge on any atom is 0.0534 e. The van der Waals surface area contributed by atoms with Crippen LogP contribution < -0.4 is 0 Å². The summed E-state index contributed by atoms with van der Waals surface area (Å²) >= 11 is 0. The number of hydrogen-bond acceptors (Lipinski definition) is 1. The number of aromatic nitrogens is 1. The van der Waals surface area contributed by atoms with Crippen LogP contribution in [0.25, 0.3) is 10.9 Å². The molecule has 2 N–H and O–H groups in total. The third-order valence-corrected chi connectivity index (χ3v) is 4.56. The van der Waals surface area contributed by atoms with Gasteiger partial charge < -0.3 is 10.1 Å². The van der Waals surface area contributed by atoms with Crippen molar-refractivity contribution in [3.63, 3.8) is 0 Å². The lowest BCUT2D eigenvalue weighted by atomic mass is 9.87. The Morgan fingerprint density at radius 2 is 1.94 bits per heavy atom. The van der Waals surface area contributed by atoms with Crippen LogP contribution in [-0.2, 0) is 5.41 Å². The second-order valence-corrected chi connectivity index (χ2v) is 5.97. The van der Waals surface area contributed by atoms with E-state index in [0.717, 1.165) is 6.42 Å². The molecule has 0 spiro atoms. The van der Waals surface area contributed by atoms with E-state index >= 15 is 0 Å². The molecule has 17 heavy (non-hydrogen) atoms. The van der Waals surface area contributed by atoms with E-state index in [4.69, 9.17) is 0 Å². The van der Waals surface area contributed by atoms with E-state index in [2.05, 4.69) is 44.0 Å². The normalized spacial score (nSPS) is 26.4. The van der Waals surface area contributed by atoms with Gasteiger partial charge in [-0.2, -0.15) is 0 Å². The van der Waals surface area contributed by atoms with Gasteiger partial charge in [-0.25, -0.2) is 0 Å². The summed E-state index contributed by atoms with van der Waals surface area (Å²) < 4.78 is 0. The summed E-state index contributed by atoms with van der Waals surface area (Å²) in [5.41, 5.74) is 3.86. The third kappa shape index (κ3) is 1.25. The van der Waals surface area contributed by atoms with Crippen molar-refractivity contribution in [1.29, 1.82) is 0 Å². The molecule has 2 heteroatoms. The van der Waals surface area contributed by atoms with E-state index in [1.165, 1.54) is 22.2 Å². The number of benzene rings is 1. The van der Waals surface area contributed by atoms with Crippen LogP contribution in [0.3, 0.4) is 0 Å². The molecule has 3 rings (SSSR count). The molecule has 0 aliphatic heterocycles. The number of rotatable bonds is 2. The van der Waals surface area contributed by atoms with Crippen LogP contribution in [0.2, 0.25) is 0 Å². The summed E-state index contributed by atoms with van der Waals surface area (Å²) in [4.78, 5) is 3.43. The number of aliphatic hydroxyl groups excluding tert-OH is 1. The van der Waals surface area contributed by atoms with E-state index in [1.807, 2.05) is 6.07 Å². The molecular weight excluding hydrogens is 210 g/mol. The number of hydrogen-bond donors (Lipinski definition) is 2. The molecule has 2 aromatic rings. The summed E-state index contributed by atoms with van der Waals surface area (Å²) in [6.07, 6.45) is 1.07. The summed E-state index contributed by atoms with van der Waals surface area (Å²) in [5, 5.41) is 11.1. The first kappa shape index (κ1) is 10.8. The van der Waals surface area contributed by atoms with Gasteiger partial charge in [0, 0.05) is 22.0 Å². The largest absolute Gasteiger partial charge is 0.395 e. The highest BCUT2D eigenvalue weighted by Crippen LogP contribution is 2.65. The standard InChI is InChI=1S/C15H19NO/c1-10-13(15(9-17)8-14(15,2)3)11-6-4-5-7-12(11)16-10/h4-7,16-17H,8-9H2,1-3H3. The topological polar surface area (TPSA) is 36.0 Å². The van der Waals surface area contributed by atoms with E-state index < -0.39 is 0 Å². The molecule has 1 aromatic heterocycles. The van der Waals surface area contributed by atoms with Gasteiger partial charge in [0.25, 0.3) is 0 Å². The molecule has 1 unspecified atom stereocenters. The van der Waals surface area contributed by atoms with E-state index in [1.54, 1.807) is 0 Å². The van der Waals surface area contributed by atoms with Crippen LogP contribution in [0.15, 0.2) is 24.3 Å². The Hall–Kier alpha value is -1.28. The zero-order valence-electron chi connectivity index (χ0n) is 10.7. The smallest absolute Gasteiger partial charge is 0.0534 e. The lowest BCUT2D eigenvalue weighted by molar-refractivity contribution is 0.232. The number of aliphatic hydroxyl groups is 1. The number of para-hydroxylation sites is 1. The third-order valence-electron chi connectivity index (χ3n) is 4.56. The summed E-state index contributed by atoms with van der Waals surface area (Å²) in [5.74, 6) is 0. The van der Waals surface area contributed by atoms with Gasteiger partial charge in [-0.3, -0.25) is 0 Å². The predicted molar refractivity (Wildman–Crippen MR) is 70.2 cm³/mol. The number of nitrogens with one attached hydrogen (secondary N) is 1. The molecule has 1 heterocycles. The van der Waals surface area contributed by atoms with Crippen LogP contribution >= 0.6 is 0 Å². The minimum Gasteiger partial charge on any atom is -0.395 e. The van der Waals surface area contributed by atoms with Crippen LogP contribution in [0.5, 0.6) is 0 Å². The van der Waals surface area contributed by atoms with Gasteiger partial charge in [0.1, 0.15) is 0 Å². The summed E-state index contributed by atoms with van der Waals surface area (Å²) in [6, 6.07) is 8.37. The number of aryl methyl sites for hydroxylation is 1. The lowest BCUT2D eigenvalue weighted by Gasteiger charge is -2.18. The molecular formula is C15H19NO. The van der Waals surface area contributed by atoms with Gasteiger partial charge in [0.15, 0.2) is 0 Å². The van der Waals surface area contributed by atoms with Crippen molar-refractivity contribution in [1.82, 2.24) is 4.98 Å². The Balaban J connectivity index is 2.28. The Morgan fingerprint density at radius 1 is 1.29 bits per heavy atom. The van der Waals surface area contributed by atoms with Crippen LogP contribution in [0, 0.1) is 12.3 Å². The summed E-state index contributed by atoms with van der Waals surface area (Å²) in [7, 11) is 0. The molecule has 1 atom stereocenters. The molecule has 0 amide bonds. The van der Waals surface area contributed by atoms with E-state index in [-0.39, 0.29) is 17.4 Å². The van der Waals surface area contributed by atoms with Crippen molar-refractivity contribution < 1.29 is 5.11 Å². The van der Waals surface area contributed by atoms with Crippen molar-refractivity contribution in [2.24, 2.45) is 5.41 Å². The predicted octanol–water partition coefficient (Wildman–Crippen LogP) is 3.14. The van der Waals surface area contributed by atoms with Crippen LogP contribution in [0.4, 0.5) is 0 Å². The molecule has 1 saturated carbocycles. The average Bonchev–Trinajstić information content (AvgIpc) is 2.68.